The molecule has 0 aromatic heterocycles. The number of benzene rings is 1. The smallest absolute Gasteiger partial charge is 0.321 e. The molecule has 0 aliphatic heterocycles. The van der Waals surface area contributed by atoms with Crippen LogP contribution >= 0.6 is 0 Å². The summed E-state index contributed by atoms with van der Waals surface area (Å²) in [5.74, 6) is -0.876. The third-order valence-electron chi connectivity index (χ3n) is 3.34. The fraction of sp³-hybridized carbons (Fsp3) is 0.500. The Kier molecular flexibility index (Phi) is 4.77. The van der Waals surface area contributed by atoms with Gasteiger partial charge < -0.3 is 5.11 Å². The van der Waals surface area contributed by atoms with Crippen LogP contribution in [0.15, 0.2) is 30.3 Å². The van der Waals surface area contributed by atoms with Crippen LogP contribution in [0.2, 0.25) is 0 Å². The lowest BCUT2D eigenvalue weighted by atomic mass is 10.1. The Hall–Kier alpha value is -1.40. The first-order valence-electron chi connectivity index (χ1n) is 6.73. The zero-order chi connectivity index (χ0) is 14.6. The number of carboxylic acids is 1. The van der Waals surface area contributed by atoms with Gasteiger partial charge in [0.2, 0.25) is 10.0 Å². The largest absolute Gasteiger partial charge is 0.480 e. The lowest BCUT2D eigenvalue weighted by Crippen LogP contribution is -2.42. The van der Waals surface area contributed by atoms with Crippen LogP contribution in [0.3, 0.4) is 0 Å². The summed E-state index contributed by atoms with van der Waals surface area (Å²) in [4.78, 5) is 11.2. The summed E-state index contributed by atoms with van der Waals surface area (Å²) in [6.45, 7) is 0. The highest BCUT2D eigenvalue weighted by Crippen LogP contribution is 2.30. The Morgan fingerprint density at radius 2 is 1.95 bits per heavy atom. The number of sulfonamides is 1. The molecule has 0 bridgehead atoms. The molecule has 20 heavy (non-hydrogen) atoms. The van der Waals surface area contributed by atoms with Gasteiger partial charge in [-0.15, -0.1) is 0 Å². The Balaban J connectivity index is 1.91. The van der Waals surface area contributed by atoms with E-state index in [0.717, 1.165) is 18.4 Å². The number of hydrogen-bond acceptors (Lipinski definition) is 3. The molecule has 0 spiro atoms. The first-order chi connectivity index (χ1) is 9.46. The maximum absolute atomic E-state index is 11.8. The molecule has 0 saturated heterocycles. The average molecular weight is 297 g/mol. The van der Waals surface area contributed by atoms with Crippen molar-refractivity contribution >= 4 is 16.0 Å². The highest BCUT2D eigenvalue weighted by Gasteiger charge is 2.31. The SMILES string of the molecule is O=C(O)C(CCc1ccccc1)NS(=O)(=O)CC1CC1. The van der Waals surface area contributed by atoms with Crippen molar-refractivity contribution in [1.82, 2.24) is 4.72 Å². The average Bonchev–Trinajstić information content (AvgIpc) is 3.18. The van der Waals surface area contributed by atoms with Crippen molar-refractivity contribution in [3.05, 3.63) is 35.9 Å². The van der Waals surface area contributed by atoms with E-state index >= 15 is 0 Å². The highest BCUT2D eigenvalue weighted by atomic mass is 32.2. The lowest BCUT2D eigenvalue weighted by molar-refractivity contribution is -0.139. The van der Waals surface area contributed by atoms with Crippen LogP contribution in [-0.4, -0.2) is 31.3 Å². The van der Waals surface area contributed by atoms with Crippen LogP contribution in [0.25, 0.3) is 0 Å². The Morgan fingerprint density at radius 1 is 1.30 bits per heavy atom. The zero-order valence-corrected chi connectivity index (χ0v) is 12.0. The van der Waals surface area contributed by atoms with E-state index in [1.807, 2.05) is 30.3 Å². The second-order valence-corrected chi connectivity index (χ2v) is 7.06. The third-order valence-corrected chi connectivity index (χ3v) is 4.89. The van der Waals surface area contributed by atoms with Crippen LogP contribution in [0.4, 0.5) is 0 Å². The normalized spacial score (nSPS) is 16.8. The quantitative estimate of drug-likeness (QED) is 0.760. The molecule has 110 valence electrons. The highest BCUT2D eigenvalue weighted by molar-refractivity contribution is 7.89. The minimum Gasteiger partial charge on any atom is -0.480 e. The second-order valence-electron chi connectivity index (χ2n) is 5.26. The molecule has 5 nitrogen and oxygen atoms in total. The van der Waals surface area contributed by atoms with Crippen molar-refractivity contribution in [2.75, 3.05) is 5.75 Å². The van der Waals surface area contributed by atoms with Crippen molar-refractivity contribution in [2.24, 2.45) is 5.92 Å². The fourth-order valence-electron chi connectivity index (χ4n) is 2.05. The van der Waals surface area contributed by atoms with Gasteiger partial charge in [-0.3, -0.25) is 4.79 Å². The molecule has 6 heteroatoms. The summed E-state index contributed by atoms with van der Waals surface area (Å²) in [6, 6.07) is 8.38. The molecule has 0 heterocycles. The lowest BCUT2D eigenvalue weighted by Gasteiger charge is -2.14. The van der Waals surface area contributed by atoms with Crippen molar-refractivity contribution in [1.29, 1.82) is 0 Å². The Bertz CT molecular complexity index is 552. The molecule has 1 aliphatic rings. The molecule has 1 aromatic carbocycles. The molecule has 1 aliphatic carbocycles. The van der Waals surface area contributed by atoms with Crippen molar-refractivity contribution < 1.29 is 18.3 Å². The van der Waals surface area contributed by atoms with Crippen LogP contribution < -0.4 is 4.72 Å². The molecule has 2 N–H and O–H groups in total. The van der Waals surface area contributed by atoms with Crippen molar-refractivity contribution in [3.8, 4) is 0 Å². The van der Waals surface area contributed by atoms with Gasteiger partial charge in [0.15, 0.2) is 0 Å². The van der Waals surface area contributed by atoms with Gasteiger partial charge in [0, 0.05) is 0 Å². The zero-order valence-electron chi connectivity index (χ0n) is 11.2. The van der Waals surface area contributed by atoms with E-state index < -0.39 is 22.0 Å². The van der Waals surface area contributed by atoms with E-state index in [9.17, 15) is 13.2 Å². The first kappa shape index (κ1) is 15.0. The number of rotatable bonds is 8. The molecule has 1 aromatic rings. The van der Waals surface area contributed by atoms with Gasteiger partial charge in [-0.05, 0) is 37.2 Å². The summed E-state index contributed by atoms with van der Waals surface area (Å²) in [6.07, 6.45) is 2.62. The van der Waals surface area contributed by atoms with Crippen LogP contribution in [0.5, 0.6) is 0 Å². The van der Waals surface area contributed by atoms with Gasteiger partial charge in [0.1, 0.15) is 6.04 Å². The van der Waals surface area contributed by atoms with Gasteiger partial charge in [-0.1, -0.05) is 30.3 Å². The van der Waals surface area contributed by atoms with Gasteiger partial charge in [0.25, 0.3) is 0 Å². The minimum atomic E-state index is -3.50. The van der Waals surface area contributed by atoms with Crippen molar-refractivity contribution in [2.45, 2.75) is 31.7 Å². The predicted molar refractivity (Wildman–Crippen MR) is 75.8 cm³/mol. The molecular weight excluding hydrogens is 278 g/mol. The van der Waals surface area contributed by atoms with Crippen LogP contribution in [-0.2, 0) is 21.2 Å². The number of carbonyl (C=O) groups is 1. The van der Waals surface area contributed by atoms with E-state index in [-0.39, 0.29) is 18.1 Å². The molecular formula is C14H19NO4S. The Morgan fingerprint density at radius 3 is 2.50 bits per heavy atom. The molecule has 0 amide bonds. The summed E-state index contributed by atoms with van der Waals surface area (Å²) < 4.78 is 26.0. The summed E-state index contributed by atoms with van der Waals surface area (Å²) in [5.41, 5.74) is 1.00. The summed E-state index contributed by atoms with van der Waals surface area (Å²) >= 11 is 0. The summed E-state index contributed by atoms with van der Waals surface area (Å²) in [7, 11) is -3.50. The third kappa shape index (κ3) is 4.94. The van der Waals surface area contributed by atoms with E-state index in [4.69, 9.17) is 5.11 Å². The maximum atomic E-state index is 11.8. The van der Waals surface area contributed by atoms with Crippen LogP contribution in [0, 0.1) is 5.92 Å². The molecule has 0 radical (unpaired) electrons. The number of aryl methyl sites for hydroxylation is 1. The monoisotopic (exact) mass is 297 g/mol. The van der Waals surface area contributed by atoms with E-state index in [1.54, 1.807) is 0 Å². The van der Waals surface area contributed by atoms with E-state index in [0.29, 0.717) is 6.42 Å². The predicted octanol–water partition coefficient (Wildman–Crippen LogP) is 1.40. The molecule has 2 rings (SSSR count). The van der Waals surface area contributed by atoms with Gasteiger partial charge >= 0.3 is 5.97 Å². The summed E-state index contributed by atoms with van der Waals surface area (Å²) in [5, 5.41) is 9.14. The fourth-order valence-corrected chi connectivity index (χ4v) is 3.75. The van der Waals surface area contributed by atoms with Crippen LogP contribution in [0.1, 0.15) is 24.8 Å². The second kappa shape index (κ2) is 6.37. The van der Waals surface area contributed by atoms with Gasteiger partial charge in [-0.25, -0.2) is 13.1 Å². The van der Waals surface area contributed by atoms with E-state index in [2.05, 4.69) is 4.72 Å². The van der Waals surface area contributed by atoms with Gasteiger partial charge in [-0.2, -0.15) is 0 Å². The topological polar surface area (TPSA) is 83.5 Å². The number of carboxylic acid groups (broad SMARTS) is 1. The number of hydrogen-bond donors (Lipinski definition) is 2. The van der Waals surface area contributed by atoms with Crippen molar-refractivity contribution in [3.63, 3.8) is 0 Å². The number of nitrogens with one attached hydrogen (secondary N) is 1. The molecule has 1 saturated carbocycles. The molecule has 1 unspecified atom stereocenters. The molecule has 1 atom stereocenters. The molecule has 1 fully saturated rings. The standard InChI is InChI=1S/C14H19NO4S/c16-14(17)13(9-8-11-4-2-1-3-5-11)15-20(18,19)10-12-6-7-12/h1-5,12-13,15H,6-10H2,(H,16,17). The Labute approximate surface area is 119 Å². The maximum Gasteiger partial charge on any atom is 0.321 e. The van der Waals surface area contributed by atoms with Gasteiger partial charge in [0.05, 0.1) is 5.75 Å². The minimum absolute atomic E-state index is 0.0438. The number of aliphatic carboxylic acids is 1. The van der Waals surface area contributed by atoms with E-state index in [1.165, 1.54) is 0 Å². The first-order valence-corrected chi connectivity index (χ1v) is 8.38.